The van der Waals surface area contributed by atoms with Crippen molar-refractivity contribution in [1.29, 1.82) is 0 Å². The van der Waals surface area contributed by atoms with E-state index in [0.29, 0.717) is 4.77 Å². The Morgan fingerprint density at radius 2 is 1.92 bits per heavy atom. The minimum absolute atomic E-state index is 0.271. The predicted molar refractivity (Wildman–Crippen MR) is 107 cm³/mol. The molecule has 26 heavy (non-hydrogen) atoms. The number of nitrogens with one attached hydrogen (secondary N) is 2. The lowest BCUT2D eigenvalue weighted by Gasteiger charge is -2.11. The van der Waals surface area contributed by atoms with E-state index in [9.17, 15) is 0 Å². The van der Waals surface area contributed by atoms with Gasteiger partial charge >= 0.3 is 0 Å². The molecule has 0 bridgehead atoms. The van der Waals surface area contributed by atoms with Gasteiger partial charge in [-0.15, -0.1) is 0 Å². The zero-order chi connectivity index (χ0) is 18.3. The van der Waals surface area contributed by atoms with E-state index >= 15 is 0 Å². The third-order valence-corrected chi connectivity index (χ3v) is 4.64. The third-order valence-electron chi connectivity index (χ3n) is 4.34. The number of H-pyrrole nitrogens is 1. The molecule has 2 heterocycles. The van der Waals surface area contributed by atoms with Gasteiger partial charge in [0.1, 0.15) is 17.9 Å². The summed E-state index contributed by atoms with van der Waals surface area (Å²) in [6.07, 6.45) is 1.57. The number of methoxy groups -OCH3 is 1. The van der Waals surface area contributed by atoms with Crippen molar-refractivity contribution in [2.24, 2.45) is 0 Å². The number of aromatic amines is 1. The number of hydrogen-bond acceptors (Lipinski definition) is 5. The summed E-state index contributed by atoms with van der Waals surface area (Å²) in [7, 11) is 1.65. The molecule has 7 heteroatoms. The summed E-state index contributed by atoms with van der Waals surface area (Å²) in [5.41, 5.74) is 3.82. The first kappa shape index (κ1) is 16.5. The van der Waals surface area contributed by atoms with E-state index in [1.165, 1.54) is 0 Å². The minimum Gasteiger partial charge on any atom is -0.497 e. The molecule has 0 saturated carbocycles. The van der Waals surface area contributed by atoms with Crippen LogP contribution >= 0.6 is 12.2 Å². The molecular weight excluding hydrogens is 346 g/mol. The molecule has 0 aliphatic carbocycles. The van der Waals surface area contributed by atoms with Gasteiger partial charge in [0.05, 0.1) is 23.7 Å². The number of aromatic nitrogens is 4. The molecule has 0 radical (unpaired) electrons. The number of anilines is 2. The molecule has 0 saturated heterocycles. The number of rotatable bonds is 4. The Hall–Kier alpha value is -2.93. The second kappa shape index (κ2) is 6.42. The molecule has 0 unspecified atom stereocenters. The van der Waals surface area contributed by atoms with Crippen molar-refractivity contribution in [3.8, 4) is 5.75 Å². The maximum Gasteiger partial charge on any atom is 0.178 e. The second-order valence-electron chi connectivity index (χ2n) is 6.36. The lowest BCUT2D eigenvalue weighted by molar-refractivity contribution is 0.415. The largest absolute Gasteiger partial charge is 0.497 e. The molecule has 6 nitrogen and oxygen atoms in total. The molecule has 132 valence electrons. The van der Waals surface area contributed by atoms with Crippen LogP contribution < -0.4 is 10.1 Å². The fraction of sp³-hybridized carbons (Fsp3) is 0.211. The number of imidazole rings is 1. The van der Waals surface area contributed by atoms with E-state index in [2.05, 4.69) is 44.7 Å². The van der Waals surface area contributed by atoms with Crippen molar-refractivity contribution in [3.63, 3.8) is 0 Å². The summed E-state index contributed by atoms with van der Waals surface area (Å²) in [6.45, 7) is 4.23. The van der Waals surface area contributed by atoms with Gasteiger partial charge in [-0.3, -0.25) is 0 Å². The van der Waals surface area contributed by atoms with Crippen LogP contribution in [0.4, 0.5) is 11.5 Å². The quantitative estimate of drug-likeness (QED) is 0.500. The van der Waals surface area contributed by atoms with Gasteiger partial charge in [-0.25, -0.2) is 9.97 Å². The first-order chi connectivity index (χ1) is 12.6. The van der Waals surface area contributed by atoms with E-state index in [-0.39, 0.29) is 6.04 Å². The van der Waals surface area contributed by atoms with Crippen molar-refractivity contribution in [1.82, 2.24) is 19.5 Å². The lowest BCUT2D eigenvalue weighted by Crippen LogP contribution is -2.00. The summed E-state index contributed by atoms with van der Waals surface area (Å²) in [4.78, 5) is 12.1. The van der Waals surface area contributed by atoms with E-state index in [4.69, 9.17) is 17.0 Å². The third kappa shape index (κ3) is 2.80. The summed E-state index contributed by atoms with van der Waals surface area (Å²) in [5.74, 6) is 1.56. The highest BCUT2D eigenvalue weighted by atomic mass is 32.1. The van der Waals surface area contributed by atoms with E-state index < -0.39 is 0 Å². The van der Waals surface area contributed by atoms with E-state index in [1.807, 2.05) is 30.3 Å². The average molecular weight is 365 g/mol. The highest BCUT2D eigenvalue weighted by Crippen LogP contribution is 2.29. The van der Waals surface area contributed by atoms with Gasteiger partial charge < -0.3 is 19.6 Å². The monoisotopic (exact) mass is 365 g/mol. The lowest BCUT2D eigenvalue weighted by atomic mass is 10.2. The van der Waals surface area contributed by atoms with Crippen molar-refractivity contribution >= 4 is 45.7 Å². The van der Waals surface area contributed by atoms with Crippen molar-refractivity contribution in [2.75, 3.05) is 12.4 Å². The van der Waals surface area contributed by atoms with Crippen LogP contribution in [-0.4, -0.2) is 26.6 Å². The Kier molecular flexibility index (Phi) is 4.08. The van der Waals surface area contributed by atoms with Crippen LogP contribution in [0, 0.1) is 4.77 Å². The SMILES string of the molecule is COc1ccc(Nc2ncnc3cc4c(cc23)[nH]c(=S)n4C(C)C)cc1. The minimum atomic E-state index is 0.271. The van der Waals surface area contributed by atoms with Crippen LogP contribution in [0.2, 0.25) is 0 Å². The number of nitrogens with zero attached hydrogens (tertiary/aromatic N) is 3. The smallest absolute Gasteiger partial charge is 0.178 e. The Morgan fingerprint density at radius 1 is 1.15 bits per heavy atom. The Balaban J connectivity index is 1.84. The van der Waals surface area contributed by atoms with Crippen LogP contribution in [0.5, 0.6) is 5.75 Å². The van der Waals surface area contributed by atoms with Crippen LogP contribution in [0.25, 0.3) is 21.9 Å². The Labute approximate surface area is 155 Å². The van der Waals surface area contributed by atoms with Crippen LogP contribution in [-0.2, 0) is 0 Å². The molecule has 4 rings (SSSR count). The number of hydrogen-bond donors (Lipinski definition) is 2. The van der Waals surface area contributed by atoms with E-state index in [0.717, 1.165) is 39.2 Å². The van der Waals surface area contributed by atoms with Gasteiger partial charge in [-0.1, -0.05) is 0 Å². The van der Waals surface area contributed by atoms with Gasteiger partial charge in [-0.2, -0.15) is 0 Å². The molecule has 4 aromatic rings. The van der Waals surface area contributed by atoms with Gasteiger partial charge in [-0.05, 0) is 62.5 Å². The van der Waals surface area contributed by atoms with Crippen molar-refractivity contribution in [3.05, 3.63) is 47.5 Å². The molecule has 2 N–H and O–H groups in total. The molecule has 0 amide bonds. The highest BCUT2D eigenvalue weighted by molar-refractivity contribution is 7.71. The topological polar surface area (TPSA) is 67.8 Å². The van der Waals surface area contributed by atoms with Crippen molar-refractivity contribution in [2.45, 2.75) is 19.9 Å². The zero-order valence-corrected chi connectivity index (χ0v) is 15.6. The maximum atomic E-state index is 5.47. The number of fused-ring (bicyclic) bond motifs is 2. The fourth-order valence-corrected chi connectivity index (χ4v) is 3.52. The van der Waals surface area contributed by atoms with Gasteiger partial charge in [0.15, 0.2) is 4.77 Å². The standard InChI is InChI=1S/C19H19N5OS/c1-11(2)24-17-9-15-14(8-16(17)23-19(24)26)18(21-10-20-15)22-12-4-6-13(25-3)7-5-12/h4-11H,1-3H3,(H,23,26)(H,20,21,22). The first-order valence-electron chi connectivity index (χ1n) is 8.37. The van der Waals surface area contributed by atoms with Crippen molar-refractivity contribution < 1.29 is 4.74 Å². The number of benzene rings is 2. The molecule has 0 spiro atoms. The highest BCUT2D eigenvalue weighted by Gasteiger charge is 2.12. The molecular formula is C19H19N5OS. The summed E-state index contributed by atoms with van der Waals surface area (Å²) < 4.78 is 8.01. The summed E-state index contributed by atoms with van der Waals surface area (Å²) in [6, 6.07) is 12.1. The molecule has 0 aliphatic rings. The van der Waals surface area contributed by atoms with Gasteiger partial charge in [0.2, 0.25) is 0 Å². The zero-order valence-electron chi connectivity index (χ0n) is 14.8. The van der Waals surface area contributed by atoms with E-state index in [1.54, 1.807) is 13.4 Å². The normalized spacial score (nSPS) is 11.4. The fourth-order valence-electron chi connectivity index (χ4n) is 3.10. The van der Waals surface area contributed by atoms with Crippen LogP contribution in [0.3, 0.4) is 0 Å². The first-order valence-corrected chi connectivity index (χ1v) is 8.77. The summed E-state index contributed by atoms with van der Waals surface area (Å²) in [5, 5.41) is 4.29. The second-order valence-corrected chi connectivity index (χ2v) is 6.74. The molecule has 0 aliphatic heterocycles. The summed E-state index contributed by atoms with van der Waals surface area (Å²) >= 11 is 5.47. The molecule has 0 atom stereocenters. The van der Waals surface area contributed by atoms with Crippen LogP contribution in [0.15, 0.2) is 42.7 Å². The molecule has 0 fully saturated rings. The molecule has 2 aromatic heterocycles. The Morgan fingerprint density at radius 3 is 2.62 bits per heavy atom. The Bertz CT molecular complexity index is 1140. The van der Waals surface area contributed by atoms with Gasteiger partial charge in [0.25, 0.3) is 0 Å². The maximum absolute atomic E-state index is 5.47. The predicted octanol–water partition coefficient (Wildman–Crippen LogP) is 4.98. The average Bonchev–Trinajstić information content (AvgIpc) is 2.96. The van der Waals surface area contributed by atoms with Crippen LogP contribution in [0.1, 0.15) is 19.9 Å². The molecule has 2 aromatic carbocycles. The number of ether oxygens (including phenoxy) is 1. The van der Waals surface area contributed by atoms with Gasteiger partial charge in [0, 0.05) is 17.1 Å².